The molecule has 7 nitrogen and oxygen atoms in total. The highest BCUT2D eigenvalue weighted by Crippen LogP contribution is 2.31. The van der Waals surface area contributed by atoms with Gasteiger partial charge in [0.05, 0.1) is 22.2 Å². The molecule has 2 aromatic heterocycles. The number of aromatic hydroxyl groups is 1. The van der Waals surface area contributed by atoms with Crippen LogP contribution >= 0.6 is 0 Å². The van der Waals surface area contributed by atoms with Gasteiger partial charge in [-0.25, -0.2) is 9.37 Å². The molecule has 0 saturated carbocycles. The fraction of sp³-hybridized carbons (Fsp3) is 0.381. The Kier molecular flexibility index (Phi) is 4.53. The number of aromatic nitrogens is 3. The maximum Gasteiger partial charge on any atom is 0.255 e. The fourth-order valence-electron chi connectivity index (χ4n) is 3.80. The van der Waals surface area contributed by atoms with Crippen LogP contribution < -0.4 is 5.32 Å². The minimum atomic E-state index is -0.612. The summed E-state index contributed by atoms with van der Waals surface area (Å²) in [6.07, 6.45) is 0. The predicted octanol–water partition coefficient (Wildman–Crippen LogP) is 2.99. The Morgan fingerprint density at radius 3 is 2.83 bits per heavy atom. The lowest BCUT2D eigenvalue weighted by Crippen LogP contribution is -2.62. The molecule has 29 heavy (non-hydrogen) atoms. The number of fused-ring (bicyclic) bond motifs is 1. The molecule has 3 N–H and O–H groups in total. The summed E-state index contributed by atoms with van der Waals surface area (Å²) < 4.78 is 14.5. The second-order valence-electron chi connectivity index (χ2n) is 8.28. The van der Waals surface area contributed by atoms with E-state index in [0.717, 1.165) is 11.8 Å². The number of rotatable bonds is 2. The number of pyridine rings is 1. The largest absolute Gasteiger partial charge is 0.508 e. The van der Waals surface area contributed by atoms with Gasteiger partial charge < -0.3 is 15.3 Å². The maximum atomic E-state index is 14.5. The highest BCUT2D eigenvalue weighted by molar-refractivity contribution is 6.07. The van der Waals surface area contributed by atoms with Crippen molar-refractivity contribution in [3.05, 3.63) is 41.3 Å². The number of halogens is 1. The highest BCUT2D eigenvalue weighted by atomic mass is 19.1. The molecule has 1 unspecified atom stereocenters. The number of hydrogen-bond acceptors (Lipinski definition) is 5. The summed E-state index contributed by atoms with van der Waals surface area (Å²) in [4.78, 5) is 19.9. The molecule has 1 aliphatic heterocycles. The lowest BCUT2D eigenvalue weighted by Gasteiger charge is -2.45. The first-order chi connectivity index (χ1) is 13.7. The number of hydrogen-bond donors (Lipinski definition) is 3. The molecule has 8 heteroatoms. The van der Waals surface area contributed by atoms with Crippen molar-refractivity contribution in [2.45, 2.75) is 39.3 Å². The lowest BCUT2D eigenvalue weighted by atomic mass is 9.95. The van der Waals surface area contributed by atoms with E-state index in [1.165, 1.54) is 12.1 Å². The van der Waals surface area contributed by atoms with Crippen LogP contribution in [0.2, 0.25) is 0 Å². The number of amides is 1. The monoisotopic (exact) mass is 397 g/mol. The van der Waals surface area contributed by atoms with Crippen molar-refractivity contribution in [3.63, 3.8) is 0 Å². The van der Waals surface area contributed by atoms with Crippen LogP contribution in [-0.2, 0) is 0 Å². The Morgan fingerprint density at radius 2 is 2.10 bits per heavy atom. The Balaban J connectivity index is 1.89. The van der Waals surface area contributed by atoms with Crippen molar-refractivity contribution in [1.29, 1.82) is 0 Å². The van der Waals surface area contributed by atoms with Gasteiger partial charge in [0.25, 0.3) is 5.91 Å². The molecule has 0 aliphatic carbocycles. The lowest BCUT2D eigenvalue weighted by molar-refractivity contribution is 0.0413. The van der Waals surface area contributed by atoms with Crippen molar-refractivity contribution in [2.24, 2.45) is 0 Å². The van der Waals surface area contributed by atoms with E-state index in [2.05, 4.69) is 20.5 Å². The third-order valence-electron chi connectivity index (χ3n) is 5.48. The van der Waals surface area contributed by atoms with Gasteiger partial charge in [-0.1, -0.05) is 0 Å². The van der Waals surface area contributed by atoms with Gasteiger partial charge in [-0.15, -0.1) is 0 Å². The quantitative estimate of drug-likeness (QED) is 0.618. The van der Waals surface area contributed by atoms with Crippen LogP contribution in [0.15, 0.2) is 24.3 Å². The van der Waals surface area contributed by atoms with Crippen LogP contribution in [0.4, 0.5) is 4.39 Å². The Hall–Kier alpha value is -3.00. The third kappa shape index (κ3) is 3.33. The molecule has 1 aromatic carbocycles. The molecule has 1 aliphatic rings. The van der Waals surface area contributed by atoms with Crippen molar-refractivity contribution >= 4 is 16.9 Å². The van der Waals surface area contributed by atoms with E-state index in [1.807, 2.05) is 32.6 Å². The summed E-state index contributed by atoms with van der Waals surface area (Å²) >= 11 is 0. The molecule has 4 rings (SSSR count). The number of carbonyl (C=O) groups is 1. The average Bonchev–Trinajstić information content (AvgIpc) is 3.03. The summed E-state index contributed by atoms with van der Waals surface area (Å²) in [6.45, 7) is 9.15. The van der Waals surface area contributed by atoms with E-state index >= 15 is 0 Å². The number of phenols is 1. The van der Waals surface area contributed by atoms with E-state index in [-0.39, 0.29) is 28.8 Å². The molecule has 1 atom stereocenters. The van der Waals surface area contributed by atoms with Crippen LogP contribution in [0.1, 0.15) is 36.8 Å². The number of phenolic OH excluding ortho intramolecular Hbond substituents is 1. The topological polar surface area (TPSA) is 94.1 Å². The zero-order valence-electron chi connectivity index (χ0n) is 16.9. The van der Waals surface area contributed by atoms with Crippen LogP contribution in [0.25, 0.3) is 22.3 Å². The molecule has 152 valence electrons. The minimum absolute atomic E-state index is 0.138. The molecular weight excluding hydrogens is 373 g/mol. The zero-order chi connectivity index (χ0) is 20.9. The predicted molar refractivity (Wildman–Crippen MR) is 108 cm³/mol. The number of aromatic amines is 1. The average molecular weight is 397 g/mol. The SMILES string of the molecule is Cc1[nH]nc2nc(-c3ccc(O)cc3F)cc(C(=O)N3CC(C)NCC3(C)C)c12. The van der Waals surface area contributed by atoms with Crippen molar-refractivity contribution < 1.29 is 14.3 Å². The summed E-state index contributed by atoms with van der Waals surface area (Å²) in [5, 5.41) is 20.6. The van der Waals surface area contributed by atoms with E-state index in [1.54, 1.807) is 6.07 Å². The first kappa shape index (κ1) is 19.3. The standard InChI is InChI=1S/C21H24FN5O2/c1-11-9-27(21(3,4)10-23-11)20(29)15-8-17(14-6-5-13(28)7-16(14)22)24-19-18(15)12(2)25-26-19/h5-8,11,23,28H,9-10H2,1-4H3,(H,24,25,26). The smallest absolute Gasteiger partial charge is 0.255 e. The molecule has 0 radical (unpaired) electrons. The van der Waals surface area contributed by atoms with Crippen molar-refractivity contribution in [2.75, 3.05) is 13.1 Å². The highest BCUT2D eigenvalue weighted by Gasteiger charge is 2.37. The minimum Gasteiger partial charge on any atom is -0.508 e. The van der Waals surface area contributed by atoms with E-state index in [9.17, 15) is 14.3 Å². The Bertz CT molecular complexity index is 1110. The van der Waals surface area contributed by atoms with Gasteiger partial charge in [-0.05, 0) is 45.9 Å². The van der Waals surface area contributed by atoms with Crippen LogP contribution in [-0.4, -0.2) is 55.8 Å². The second-order valence-corrected chi connectivity index (χ2v) is 8.28. The molecule has 1 fully saturated rings. The number of benzene rings is 1. The van der Waals surface area contributed by atoms with E-state index in [0.29, 0.717) is 35.4 Å². The first-order valence-electron chi connectivity index (χ1n) is 9.57. The number of H-pyrrole nitrogens is 1. The van der Waals surface area contributed by atoms with Crippen molar-refractivity contribution in [1.82, 2.24) is 25.4 Å². The van der Waals surface area contributed by atoms with Gasteiger partial charge in [0.1, 0.15) is 11.6 Å². The molecule has 3 aromatic rings. The van der Waals surface area contributed by atoms with Gasteiger partial charge in [0, 0.05) is 36.5 Å². The molecular formula is C21H24FN5O2. The van der Waals surface area contributed by atoms with Crippen LogP contribution in [0, 0.1) is 12.7 Å². The molecule has 0 bridgehead atoms. The summed E-state index contributed by atoms with van der Waals surface area (Å²) in [7, 11) is 0. The number of nitrogens with one attached hydrogen (secondary N) is 2. The van der Waals surface area contributed by atoms with Crippen molar-refractivity contribution in [3.8, 4) is 17.0 Å². The van der Waals surface area contributed by atoms with Gasteiger partial charge in [-0.2, -0.15) is 5.10 Å². The van der Waals surface area contributed by atoms with E-state index < -0.39 is 5.82 Å². The van der Waals surface area contributed by atoms with Gasteiger partial charge in [0.2, 0.25) is 0 Å². The van der Waals surface area contributed by atoms with Crippen LogP contribution in [0.5, 0.6) is 5.75 Å². The molecule has 3 heterocycles. The molecule has 0 spiro atoms. The summed E-state index contributed by atoms with van der Waals surface area (Å²) in [5.74, 6) is -0.921. The number of piperazine rings is 1. The number of carbonyl (C=O) groups excluding carboxylic acids is 1. The van der Waals surface area contributed by atoms with Gasteiger partial charge in [-0.3, -0.25) is 9.89 Å². The molecule has 1 amide bonds. The van der Waals surface area contributed by atoms with Gasteiger partial charge >= 0.3 is 0 Å². The maximum absolute atomic E-state index is 14.5. The Labute approximate surface area is 167 Å². The summed E-state index contributed by atoms with van der Waals surface area (Å²) in [5.41, 5.74) is 1.65. The summed E-state index contributed by atoms with van der Waals surface area (Å²) in [6, 6.07) is 5.65. The van der Waals surface area contributed by atoms with Gasteiger partial charge in [0.15, 0.2) is 5.65 Å². The zero-order valence-corrected chi connectivity index (χ0v) is 16.9. The third-order valence-corrected chi connectivity index (χ3v) is 5.48. The first-order valence-corrected chi connectivity index (χ1v) is 9.57. The molecule has 1 saturated heterocycles. The second kappa shape index (κ2) is 6.81. The van der Waals surface area contributed by atoms with Crippen LogP contribution in [0.3, 0.4) is 0 Å². The number of aryl methyl sites for hydroxylation is 1. The number of nitrogens with zero attached hydrogens (tertiary/aromatic N) is 3. The van der Waals surface area contributed by atoms with E-state index in [4.69, 9.17) is 0 Å². The fourth-order valence-corrected chi connectivity index (χ4v) is 3.80. The Morgan fingerprint density at radius 1 is 1.34 bits per heavy atom. The normalized spacial score (nSPS) is 18.9.